The van der Waals surface area contributed by atoms with Gasteiger partial charge in [0.1, 0.15) is 12.4 Å². The van der Waals surface area contributed by atoms with Crippen LogP contribution in [0.15, 0.2) is 24.3 Å². The van der Waals surface area contributed by atoms with Gasteiger partial charge in [-0.05, 0) is 45.3 Å². The molecule has 1 aromatic carbocycles. The molecule has 1 saturated carbocycles. The zero-order valence-electron chi connectivity index (χ0n) is 16.3. The van der Waals surface area contributed by atoms with Crippen LogP contribution < -0.4 is 15.4 Å². The van der Waals surface area contributed by atoms with E-state index in [1.54, 1.807) is 0 Å². The molecule has 1 saturated heterocycles. The van der Waals surface area contributed by atoms with E-state index < -0.39 is 0 Å². The van der Waals surface area contributed by atoms with Crippen LogP contribution in [0, 0.1) is 5.92 Å². The summed E-state index contributed by atoms with van der Waals surface area (Å²) in [5, 5.41) is 6.64. The van der Waals surface area contributed by atoms with Crippen LogP contribution in [-0.4, -0.2) is 50.1 Å². The number of hydrogen-bond donors (Lipinski definition) is 2. The van der Waals surface area contributed by atoms with Crippen molar-refractivity contribution in [1.82, 2.24) is 15.5 Å². The molecule has 0 spiro atoms. The normalized spacial score (nSPS) is 23.7. The summed E-state index contributed by atoms with van der Waals surface area (Å²) in [5.74, 6) is 1.67. The highest BCUT2D eigenvalue weighted by Crippen LogP contribution is 2.33. The lowest BCUT2D eigenvalue weighted by Gasteiger charge is -2.24. The van der Waals surface area contributed by atoms with E-state index in [0.29, 0.717) is 25.1 Å². The minimum Gasteiger partial charge on any atom is -0.492 e. The van der Waals surface area contributed by atoms with Gasteiger partial charge in [-0.25, -0.2) is 0 Å². The van der Waals surface area contributed by atoms with Crippen molar-refractivity contribution in [2.45, 2.75) is 50.7 Å². The molecule has 1 amide bonds. The molecule has 5 nitrogen and oxygen atoms in total. The zero-order chi connectivity index (χ0) is 17.6. The van der Waals surface area contributed by atoms with Gasteiger partial charge in [-0.3, -0.25) is 4.79 Å². The number of benzene rings is 1. The van der Waals surface area contributed by atoms with Gasteiger partial charge in [0, 0.05) is 24.7 Å². The monoisotopic (exact) mass is 417 g/mol. The second-order valence-corrected chi connectivity index (χ2v) is 7.58. The Morgan fingerprint density at radius 3 is 2.70 bits per heavy atom. The standard InChI is InChI=1S/C20H31N3O2.2ClH/c1-23(2)11-12-25-19-10-6-4-8-16(19)14-21-20(24)18-13-15-7-3-5-9-17(15)22-18;;/h4,6,8,10,15,17-18,22H,3,5,7,9,11-14H2,1-2H3,(H,21,24);2*1H. The van der Waals surface area contributed by atoms with Gasteiger partial charge >= 0.3 is 0 Å². The van der Waals surface area contributed by atoms with E-state index in [1.807, 2.05) is 38.4 Å². The van der Waals surface area contributed by atoms with Crippen LogP contribution in [0.4, 0.5) is 0 Å². The van der Waals surface area contributed by atoms with Crippen molar-refractivity contribution in [3.8, 4) is 5.75 Å². The summed E-state index contributed by atoms with van der Waals surface area (Å²) in [6, 6.07) is 8.47. The number of carbonyl (C=O) groups excluding carboxylic acids is 1. The highest BCUT2D eigenvalue weighted by molar-refractivity contribution is 5.85. The molecule has 0 radical (unpaired) electrons. The highest BCUT2D eigenvalue weighted by Gasteiger charge is 2.38. The predicted molar refractivity (Wildman–Crippen MR) is 114 cm³/mol. The van der Waals surface area contributed by atoms with Crippen molar-refractivity contribution in [3.05, 3.63) is 29.8 Å². The number of nitrogens with zero attached hydrogens (tertiary/aromatic N) is 1. The molecule has 2 N–H and O–H groups in total. The van der Waals surface area contributed by atoms with E-state index in [2.05, 4.69) is 15.5 Å². The second-order valence-electron chi connectivity index (χ2n) is 7.58. The SMILES string of the molecule is CN(C)CCOc1ccccc1CNC(=O)C1CC2CCCCC2N1.Cl.Cl. The van der Waals surface area contributed by atoms with E-state index in [9.17, 15) is 4.79 Å². The van der Waals surface area contributed by atoms with Gasteiger partial charge in [-0.15, -0.1) is 24.8 Å². The van der Waals surface area contributed by atoms with Gasteiger partial charge in [-0.2, -0.15) is 0 Å². The van der Waals surface area contributed by atoms with Crippen LogP contribution in [0.2, 0.25) is 0 Å². The molecule has 2 fully saturated rings. The number of rotatable bonds is 7. The summed E-state index contributed by atoms with van der Waals surface area (Å²) in [5.41, 5.74) is 1.03. The second kappa shape index (κ2) is 11.7. The highest BCUT2D eigenvalue weighted by atomic mass is 35.5. The molecule has 1 aliphatic heterocycles. The molecule has 154 valence electrons. The topological polar surface area (TPSA) is 53.6 Å². The molecule has 2 aliphatic rings. The third-order valence-corrected chi connectivity index (χ3v) is 5.40. The summed E-state index contributed by atoms with van der Waals surface area (Å²) < 4.78 is 5.87. The average molecular weight is 418 g/mol. The number of fused-ring (bicyclic) bond motifs is 1. The Labute approximate surface area is 175 Å². The fraction of sp³-hybridized carbons (Fsp3) is 0.650. The summed E-state index contributed by atoms with van der Waals surface area (Å²) in [6.45, 7) is 2.03. The Morgan fingerprint density at radius 2 is 1.96 bits per heavy atom. The first-order valence-electron chi connectivity index (χ1n) is 9.52. The van der Waals surface area contributed by atoms with Gasteiger partial charge in [0.05, 0.1) is 6.04 Å². The molecule has 1 heterocycles. The molecule has 0 bridgehead atoms. The van der Waals surface area contributed by atoms with Crippen LogP contribution in [0.5, 0.6) is 5.75 Å². The van der Waals surface area contributed by atoms with Crippen molar-refractivity contribution in [2.24, 2.45) is 5.92 Å². The Kier molecular flexibility index (Phi) is 10.5. The number of nitrogens with one attached hydrogen (secondary N) is 2. The quantitative estimate of drug-likeness (QED) is 0.715. The lowest BCUT2D eigenvalue weighted by atomic mass is 9.85. The van der Waals surface area contributed by atoms with E-state index in [4.69, 9.17) is 4.74 Å². The van der Waals surface area contributed by atoms with Crippen molar-refractivity contribution >= 4 is 30.7 Å². The van der Waals surface area contributed by atoms with Crippen molar-refractivity contribution < 1.29 is 9.53 Å². The maximum absolute atomic E-state index is 12.6. The number of likely N-dealkylation sites (N-methyl/N-ethyl adjacent to an activating group) is 1. The van der Waals surface area contributed by atoms with Crippen molar-refractivity contribution in [1.29, 1.82) is 0 Å². The molecule has 3 rings (SSSR count). The summed E-state index contributed by atoms with van der Waals surface area (Å²) in [4.78, 5) is 14.6. The first-order chi connectivity index (χ1) is 12.1. The Balaban J connectivity index is 0.00000182. The third-order valence-electron chi connectivity index (χ3n) is 5.40. The molecule has 1 aromatic rings. The third kappa shape index (κ3) is 6.83. The molecule has 7 heteroatoms. The molecule has 3 atom stereocenters. The molecule has 1 aliphatic carbocycles. The zero-order valence-corrected chi connectivity index (χ0v) is 17.9. The van der Waals surface area contributed by atoms with E-state index >= 15 is 0 Å². The maximum atomic E-state index is 12.6. The largest absolute Gasteiger partial charge is 0.492 e. The predicted octanol–water partition coefficient (Wildman–Crippen LogP) is 3.01. The number of halogens is 2. The van der Waals surface area contributed by atoms with Crippen LogP contribution in [0.25, 0.3) is 0 Å². The Morgan fingerprint density at radius 1 is 1.22 bits per heavy atom. The minimum atomic E-state index is -0.0325. The fourth-order valence-corrected chi connectivity index (χ4v) is 3.96. The average Bonchev–Trinajstić information content (AvgIpc) is 3.04. The van der Waals surface area contributed by atoms with Gasteiger partial charge < -0.3 is 20.3 Å². The van der Waals surface area contributed by atoms with Crippen LogP contribution in [0.3, 0.4) is 0 Å². The van der Waals surface area contributed by atoms with Gasteiger partial charge in [0.25, 0.3) is 0 Å². The maximum Gasteiger partial charge on any atom is 0.237 e. The molecular formula is C20H33Cl2N3O2. The number of carbonyl (C=O) groups is 1. The van der Waals surface area contributed by atoms with Crippen molar-refractivity contribution in [3.63, 3.8) is 0 Å². The van der Waals surface area contributed by atoms with Crippen molar-refractivity contribution in [2.75, 3.05) is 27.2 Å². The number of hydrogen-bond acceptors (Lipinski definition) is 4. The first-order valence-corrected chi connectivity index (χ1v) is 9.52. The summed E-state index contributed by atoms with van der Waals surface area (Å²) in [6.07, 6.45) is 6.08. The molecular weight excluding hydrogens is 385 g/mol. The molecule has 3 unspecified atom stereocenters. The molecule has 27 heavy (non-hydrogen) atoms. The number of ether oxygens (including phenoxy) is 1. The van der Waals surface area contributed by atoms with Crippen LogP contribution >= 0.6 is 24.8 Å². The van der Waals surface area contributed by atoms with E-state index in [0.717, 1.165) is 24.3 Å². The van der Waals surface area contributed by atoms with Gasteiger partial charge in [-0.1, -0.05) is 31.0 Å². The van der Waals surface area contributed by atoms with Gasteiger partial charge in [0.2, 0.25) is 5.91 Å². The number of amides is 1. The Hall–Kier alpha value is -1.01. The summed E-state index contributed by atoms with van der Waals surface area (Å²) in [7, 11) is 4.06. The lowest BCUT2D eigenvalue weighted by molar-refractivity contribution is -0.123. The first kappa shape index (κ1) is 24.0. The lowest BCUT2D eigenvalue weighted by Crippen LogP contribution is -2.42. The number of para-hydroxylation sites is 1. The minimum absolute atomic E-state index is 0. The smallest absolute Gasteiger partial charge is 0.237 e. The Bertz CT molecular complexity index is 572. The van der Waals surface area contributed by atoms with E-state index in [-0.39, 0.29) is 36.8 Å². The fourth-order valence-electron chi connectivity index (χ4n) is 3.96. The van der Waals surface area contributed by atoms with Crippen LogP contribution in [-0.2, 0) is 11.3 Å². The summed E-state index contributed by atoms with van der Waals surface area (Å²) >= 11 is 0. The molecule has 0 aromatic heterocycles. The van der Waals surface area contributed by atoms with Crippen LogP contribution in [0.1, 0.15) is 37.7 Å². The van der Waals surface area contributed by atoms with Gasteiger partial charge in [0.15, 0.2) is 0 Å². The van der Waals surface area contributed by atoms with E-state index in [1.165, 1.54) is 25.7 Å².